The molecule has 2 rings (SSSR count). The van der Waals surface area contributed by atoms with E-state index in [0.717, 1.165) is 17.0 Å². The molecule has 2 aromatic heterocycles. The van der Waals surface area contributed by atoms with Crippen LogP contribution in [-0.2, 0) is 0 Å². The molecule has 0 aromatic carbocycles. The van der Waals surface area contributed by atoms with Crippen LogP contribution in [0.3, 0.4) is 0 Å². The Balaban J connectivity index is 2.38. The maximum Gasteiger partial charge on any atom is 0.137 e. The molecule has 0 aliphatic rings. The molecule has 0 bridgehead atoms. The quantitative estimate of drug-likeness (QED) is 0.908. The van der Waals surface area contributed by atoms with Gasteiger partial charge in [-0.05, 0) is 50.6 Å². The van der Waals surface area contributed by atoms with Crippen molar-refractivity contribution in [1.82, 2.24) is 15.3 Å². The van der Waals surface area contributed by atoms with Gasteiger partial charge in [-0.25, -0.2) is 0 Å². The Bertz CT molecular complexity index is 584. The predicted octanol–water partition coefficient (Wildman–Crippen LogP) is 2.80. The second kappa shape index (κ2) is 6.48. The Hall–Kier alpha value is -1.94. The van der Waals surface area contributed by atoms with Crippen molar-refractivity contribution in [2.75, 3.05) is 13.7 Å². The number of nitrogens with zero attached hydrogens (tertiary/aromatic N) is 2. The summed E-state index contributed by atoms with van der Waals surface area (Å²) in [6.07, 6.45) is 5.48. The number of hydrogen-bond donors (Lipinski definition) is 1. The third-order valence-electron chi connectivity index (χ3n) is 3.20. The Morgan fingerprint density at radius 3 is 2.65 bits per heavy atom. The van der Waals surface area contributed by atoms with Crippen molar-refractivity contribution in [1.29, 1.82) is 0 Å². The molecule has 0 saturated heterocycles. The third-order valence-corrected chi connectivity index (χ3v) is 3.20. The fourth-order valence-corrected chi connectivity index (χ4v) is 2.33. The minimum atomic E-state index is 0.0171. The van der Waals surface area contributed by atoms with Crippen LogP contribution in [0.25, 0.3) is 0 Å². The number of rotatable bonds is 5. The van der Waals surface area contributed by atoms with Gasteiger partial charge in [0.1, 0.15) is 5.75 Å². The normalized spacial score (nSPS) is 12.2. The highest BCUT2D eigenvalue weighted by molar-refractivity contribution is 5.35. The number of nitrogens with one attached hydrogen (secondary N) is 1. The van der Waals surface area contributed by atoms with Gasteiger partial charge in [0.05, 0.1) is 24.5 Å². The largest absolute Gasteiger partial charge is 0.492 e. The van der Waals surface area contributed by atoms with Gasteiger partial charge < -0.3 is 10.1 Å². The molecule has 0 fully saturated rings. The van der Waals surface area contributed by atoms with Crippen LogP contribution >= 0.6 is 0 Å². The van der Waals surface area contributed by atoms with E-state index in [1.807, 2.05) is 32.4 Å². The fourth-order valence-electron chi connectivity index (χ4n) is 2.33. The lowest BCUT2D eigenvalue weighted by Crippen LogP contribution is -2.20. The van der Waals surface area contributed by atoms with Crippen molar-refractivity contribution in [2.24, 2.45) is 0 Å². The highest BCUT2D eigenvalue weighted by Crippen LogP contribution is 2.25. The van der Waals surface area contributed by atoms with Crippen LogP contribution in [-0.4, -0.2) is 23.6 Å². The number of aromatic nitrogens is 2. The number of aryl methyl sites for hydroxylation is 2. The number of ether oxygens (including phenoxy) is 1. The van der Waals surface area contributed by atoms with Crippen molar-refractivity contribution < 1.29 is 4.74 Å². The van der Waals surface area contributed by atoms with Crippen molar-refractivity contribution in [3.63, 3.8) is 0 Å². The fraction of sp³-hybridized carbons (Fsp3) is 0.375. The lowest BCUT2D eigenvalue weighted by atomic mass is 10.0. The number of hydrogen-bond acceptors (Lipinski definition) is 4. The van der Waals surface area contributed by atoms with Crippen molar-refractivity contribution in [2.45, 2.75) is 26.8 Å². The van der Waals surface area contributed by atoms with Crippen molar-refractivity contribution in [3.8, 4) is 5.75 Å². The van der Waals surface area contributed by atoms with E-state index in [-0.39, 0.29) is 6.04 Å². The Kier molecular flexibility index (Phi) is 4.69. The SMILES string of the molecule is CCOc1cncc(C(NC)c2ncc(C)cc2C)c1. The second-order valence-corrected chi connectivity index (χ2v) is 4.82. The molecule has 0 spiro atoms. The monoisotopic (exact) mass is 271 g/mol. The molecule has 4 nitrogen and oxygen atoms in total. The molecule has 20 heavy (non-hydrogen) atoms. The third kappa shape index (κ3) is 3.14. The lowest BCUT2D eigenvalue weighted by Gasteiger charge is -2.19. The summed E-state index contributed by atoms with van der Waals surface area (Å²) in [5.74, 6) is 0.787. The molecule has 1 N–H and O–H groups in total. The zero-order valence-electron chi connectivity index (χ0n) is 12.5. The van der Waals surface area contributed by atoms with E-state index >= 15 is 0 Å². The second-order valence-electron chi connectivity index (χ2n) is 4.82. The summed E-state index contributed by atoms with van der Waals surface area (Å²) in [6, 6.07) is 4.18. The van der Waals surface area contributed by atoms with Crippen LogP contribution in [0.15, 0.2) is 30.7 Å². The standard InChI is InChI=1S/C16H21N3O/c1-5-20-14-7-13(9-18-10-14)16(17-4)15-12(3)6-11(2)8-19-15/h6-10,16-17H,5H2,1-4H3. The smallest absolute Gasteiger partial charge is 0.137 e. The van der Waals surface area contributed by atoms with E-state index < -0.39 is 0 Å². The molecule has 4 heteroatoms. The van der Waals surface area contributed by atoms with Gasteiger partial charge in [-0.1, -0.05) is 6.07 Å². The van der Waals surface area contributed by atoms with E-state index in [2.05, 4.69) is 35.2 Å². The van der Waals surface area contributed by atoms with E-state index in [0.29, 0.717) is 6.61 Å². The van der Waals surface area contributed by atoms with E-state index in [9.17, 15) is 0 Å². The zero-order valence-corrected chi connectivity index (χ0v) is 12.5. The van der Waals surface area contributed by atoms with Gasteiger partial charge in [0.25, 0.3) is 0 Å². The minimum absolute atomic E-state index is 0.0171. The van der Waals surface area contributed by atoms with Crippen molar-refractivity contribution in [3.05, 3.63) is 53.1 Å². The molecule has 0 saturated carbocycles. The van der Waals surface area contributed by atoms with E-state index in [1.165, 1.54) is 11.1 Å². The molecular weight excluding hydrogens is 250 g/mol. The Labute approximate surface area is 120 Å². The van der Waals surface area contributed by atoms with Gasteiger partial charge in [-0.2, -0.15) is 0 Å². The summed E-state index contributed by atoms with van der Waals surface area (Å²) in [7, 11) is 1.93. The average Bonchev–Trinajstić information content (AvgIpc) is 2.43. The maximum atomic E-state index is 5.52. The molecule has 0 amide bonds. The minimum Gasteiger partial charge on any atom is -0.492 e. The Morgan fingerprint density at radius 2 is 2.00 bits per heavy atom. The molecule has 1 atom stereocenters. The van der Waals surface area contributed by atoms with Gasteiger partial charge in [-0.3, -0.25) is 9.97 Å². The molecule has 1 unspecified atom stereocenters. The van der Waals surface area contributed by atoms with Crippen LogP contribution in [0, 0.1) is 13.8 Å². The van der Waals surface area contributed by atoms with Gasteiger partial charge >= 0.3 is 0 Å². The lowest BCUT2D eigenvalue weighted by molar-refractivity contribution is 0.338. The predicted molar refractivity (Wildman–Crippen MR) is 80.0 cm³/mol. The van der Waals surface area contributed by atoms with Gasteiger partial charge in [0, 0.05) is 12.4 Å². The first-order chi connectivity index (χ1) is 9.65. The summed E-state index contributed by atoms with van der Waals surface area (Å²) in [4.78, 5) is 8.82. The summed E-state index contributed by atoms with van der Waals surface area (Å²) >= 11 is 0. The molecule has 2 aromatic rings. The van der Waals surface area contributed by atoms with E-state index in [4.69, 9.17) is 4.74 Å². The summed E-state index contributed by atoms with van der Waals surface area (Å²) in [5.41, 5.74) is 4.42. The van der Waals surface area contributed by atoms with Crippen LogP contribution < -0.4 is 10.1 Å². The first-order valence-corrected chi connectivity index (χ1v) is 6.83. The molecule has 0 radical (unpaired) electrons. The number of pyridine rings is 2. The highest BCUT2D eigenvalue weighted by atomic mass is 16.5. The molecular formula is C16H21N3O. The average molecular weight is 271 g/mol. The maximum absolute atomic E-state index is 5.52. The van der Waals surface area contributed by atoms with Crippen molar-refractivity contribution >= 4 is 0 Å². The van der Waals surface area contributed by atoms with Gasteiger partial charge in [0.15, 0.2) is 0 Å². The summed E-state index contributed by atoms with van der Waals surface area (Å²) in [6.45, 7) is 6.74. The van der Waals surface area contributed by atoms with Gasteiger partial charge in [0.2, 0.25) is 0 Å². The van der Waals surface area contributed by atoms with Gasteiger partial charge in [-0.15, -0.1) is 0 Å². The molecule has 0 aliphatic heterocycles. The van der Waals surface area contributed by atoms with E-state index in [1.54, 1.807) is 6.20 Å². The van der Waals surface area contributed by atoms with Crippen LogP contribution in [0.2, 0.25) is 0 Å². The zero-order chi connectivity index (χ0) is 14.5. The topological polar surface area (TPSA) is 47.0 Å². The van der Waals surface area contributed by atoms with Crippen LogP contribution in [0.1, 0.15) is 35.3 Å². The Morgan fingerprint density at radius 1 is 1.20 bits per heavy atom. The highest BCUT2D eigenvalue weighted by Gasteiger charge is 2.16. The summed E-state index contributed by atoms with van der Waals surface area (Å²) < 4.78 is 5.52. The van der Waals surface area contributed by atoms with Crippen LogP contribution in [0.4, 0.5) is 0 Å². The summed E-state index contributed by atoms with van der Waals surface area (Å²) in [5, 5.41) is 3.31. The first kappa shape index (κ1) is 14.5. The molecule has 0 aliphatic carbocycles. The molecule has 106 valence electrons. The van der Waals surface area contributed by atoms with Crippen LogP contribution in [0.5, 0.6) is 5.75 Å². The first-order valence-electron chi connectivity index (χ1n) is 6.83. The molecule has 2 heterocycles.